The summed E-state index contributed by atoms with van der Waals surface area (Å²) in [4.78, 5) is 0. The lowest BCUT2D eigenvalue weighted by molar-refractivity contribution is 0.434. The fourth-order valence-electron chi connectivity index (χ4n) is 1.65. The molecule has 0 bridgehead atoms. The Morgan fingerprint density at radius 2 is 1.63 bits per heavy atom. The van der Waals surface area contributed by atoms with E-state index >= 15 is 0 Å². The largest absolute Gasteiger partial charge is 0.454 e. The third-order valence-electron chi connectivity index (χ3n) is 2.58. The van der Waals surface area contributed by atoms with Crippen LogP contribution in [0.15, 0.2) is 45.3 Å². The maximum atomic E-state index is 13.7. The highest BCUT2D eigenvalue weighted by Gasteiger charge is 2.12. The number of ether oxygens (including phenoxy) is 1. The molecule has 0 aliphatic heterocycles. The molecule has 2 N–H and O–H groups in total. The molecule has 1 unspecified atom stereocenters. The van der Waals surface area contributed by atoms with Crippen LogP contribution in [0.25, 0.3) is 0 Å². The standard InChI is InChI=1S/C14H12Br2FNO/c1-8(18)11-4-2-9(15)6-13(11)19-14-7-10(16)3-5-12(14)17/h2-8H,18H2,1H3. The lowest BCUT2D eigenvalue weighted by Crippen LogP contribution is -2.06. The van der Waals surface area contributed by atoms with Gasteiger partial charge in [0.1, 0.15) is 5.75 Å². The Labute approximate surface area is 128 Å². The van der Waals surface area contributed by atoms with Crippen LogP contribution in [0.3, 0.4) is 0 Å². The van der Waals surface area contributed by atoms with Gasteiger partial charge in [0, 0.05) is 20.6 Å². The Morgan fingerprint density at radius 3 is 2.26 bits per heavy atom. The minimum absolute atomic E-state index is 0.161. The third-order valence-corrected chi connectivity index (χ3v) is 3.57. The summed E-state index contributed by atoms with van der Waals surface area (Å²) in [7, 11) is 0. The Morgan fingerprint density at radius 1 is 1.05 bits per heavy atom. The zero-order chi connectivity index (χ0) is 14.0. The van der Waals surface area contributed by atoms with Gasteiger partial charge in [-0.25, -0.2) is 4.39 Å². The molecule has 0 spiro atoms. The van der Waals surface area contributed by atoms with Gasteiger partial charge in [-0.05, 0) is 37.3 Å². The van der Waals surface area contributed by atoms with Crippen LogP contribution in [0.2, 0.25) is 0 Å². The summed E-state index contributed by atoms with van der Waals surface area (Å²) in [5, 5.41) is 0. The second kappa shape index (κ2) is 6.03. The smallest absolute Gasteiger partial charge is 0.165 e. The maximum absolute atomic E-state index is 13.7. The molecule has 2 nitrogen and oxygen atoms in total. The van der Waals surface area contributed by atoms with Crippen LogP contribution < -0.4 is 10.5 Å². The molecule has 19 heavy (non-hydrogen) atoms. The number of rotatable bonds is 3. The predicted octanol–water partition coefficient (Wildman–Crippen LogP) is 5.16. The molecule has 0 aromatic heterocycles. The summed E-state index contributed by atoms with van der Waals surface area (Å²) >= 11 is 6.66. The molecule has 100 valence electrons. The van der Waals surface area contributed by atoms with Crippen molar-refractivity contribution in [1.82, 2.24) is 0 Å². The Hall–Kier alpha value is -0.910. The molecule has 0 radical (unpaired) electrons. The number of hydrogen-bond acceptors (Lipinski definition) is 2. The predicted molar refractivity (Wildman–Crippen MR) is 80.9 cm³/mol. The molecule has 0 aliphatic rings. The van der Waals surface area contributed by atoms with Crippen molar-refractivity contribution < 1.29 is 9.13 Å². The molecule has 0 saturated heterocycles. The lowest BCUT2D eigenvalue weighted by atomic mass is 10.1. The normalized spacial score (nSPS) is 12.3. The fourth-order valence-corrected chi connectivity index (χ4v) is 2.33. The Bertz CT molecular complexity index is 602. The molecular formula is C14H12Br2FNO. The molecule has 0 fully saturated rings. The van der Waals surface area contributed by atoms with E-state index in [4.69, 9.17) is 10.5 Å². The lowest BCUT2D eigenvalue weighted by Gasteiger charge is -2.14. The van der Waals surface area contributed by atoms with Crippen LogP contribution in [-0.4, -0.2) is 0 Å². The monoisotopic (exact) mass is 387 g/mol. The van der Waals surface area contributed by atoms with Crippen LogP contribution in [0.4, 0.5) is 4.39 Å². The average Bonchev–Trinajstić information content (AvgIpc) is 2.33. The number of nitrogens with two attached hydrogens (primary N) is 1. The van der Waals surface area contributed by atoms with Crippen molar-refractivity contribution in [3.8, 4) is 11.5 Å². The van der Waals surface area contributed by atoms with Crippen molar-refractivity contribution in [2.75, 3.05) is 0 Å². The molecule has 2 aromatic carbocycles. The Kier molecular flexibility index (Phi) is 4.60. The molecule has 1 atom stereocenters. The molecule has 0 saturated carbocycles. The van der Waals surface area contributed by atoms with Crippen molar-refractivity contribution in [2.24, 2.45) is 5.73 Å². The van der Waals surface area contributed by atoms with Crippen molar-refractivity contribution in [2.45, 2.75) is 13.0 Å². The molecular weight excluding hydrogens is 377 g/mol. The second-order valence-electron chi connectivity index (χ2n) is 4.15. The van der Waals surface area contributed by atoms with Gasteiger partial charge < -0.3 is 10.5 Å². The number of benzene rings is 2. The van der Waals surface area contributed by atoms with Crippen LogP contribution in [0.5, 0.6) is 11.5 Å². The van der Waals surface area contributed by atoms with Crippen molar-refractivity contribution >= 4 is 31.9 Å². The van der Waals surface area contributed by atoms with E-state index in [1.54, 1.807) is 18.2 Å². The van der Waals surface area contributed by atoms with E-state index in [0.29, 0.717) is 5.75 Å². The van der Waals surface area contributed by atoms with Gasteiger partial charge in [-0.15, -0.1) is 0 Å². The van der Waals surface area contributed by atoms with Gasteiger partial charge in [0.25, 0.3) is 0 Å². The highest BCUT2D eigenvalue weighted by Crippen LogP contribution is 2.33. The van der Waals surface area contributed by atoms with E-state index in [-0.39, 0.29) is 11.8 Å². The summed E-state index contributed by atoms with van der Waals surface area (Å²) in [5.74, 6) is 0.287. The van der Waals surface area contributed by atoms with Gasteiger partial charge in [0.2, 0.25) is 0 Å². The van der Waals surface area contributed by atoms with Crippen LogP contribution >= 0.6 is 31.9 Å². The Balaban J connectivity index is 2.42. The van der Waals surface area contributed by atoms with E-state index in [1.807, 2.05) is 19.1 Å². The minimum atomic E-state index is -0.418. The van der Waals surface area contributed by atoms with Gasteiger partial charge in [-0.2, -0.15) is 0 Å². The molecule has 2 rings (SSSR count). The third kappa shape index (κ3) is 3.55. The van der Waals surface area contributed by atoms with Crippen LogP contribution in [0.1, 0.15) is 18.5 Å². The van der Waals surface area contributed by atoms with E-state index in [9.17, 15) is 4.39 Å². The number of halogens is 3. The maximum Gasteiger partial charge on any atom is 0.165 e. The van der Waals surface area contributed by atoms with Gasteiger partial charge in [-0.1, -0.05) is 37.9 Å². The summed E-state index contributed by atoms with van der Waals surface area (Å²) in [6, 6.07) is 9.87. The molecule has 0 aliphatic carbocycles. The van der Waals surface area contributed by atoms with Crippen molar-refractivity contribution in [3.05, 3.63) is 56.7 Å². The zero-order valence-electron chi connectivity index (χ0n) is 10.2. The van der Waals surface area contributed by atoms with E-state index in [0.717, 1.165) is 14.5 Å². The molecule has 2 aromatic rings. The average molecular weight is 389 g/mol. The zero-order valence-corrected chi connectivity index (χ0v) is 13.3. The SMILES string of the molecule is CC(N)c1ccc(Br)cc1Oc1cc(Br)ccc1F. The number of hydrogen-bond donors (Lipinski definition) is 1. The topological polar surface area (TPSA) is 35.2 Å². The first-order chi connectivity index (χ1) is 8.97. The quantitative estimate of drug-likeness (QED) is 0.787. The molecule has 5 heteroatoms. The van der Waals surface area contributed by atoms with E-state index in [1.165, 1.54) is 6.07 Å². The first-order valence-corrected chi connectivity index (χ1v) is 7.24. The van der Waals surface area contributed by atoms with Crippen LogP contribution in [-0.2, 0) is 0 Å². The van der Waals surface area contributed by atoms with Gasteiger partial charge in [0.15, 0.2) is 11.6 Å². The summed E-state index contributed by atoms with van der Waals surface area (Å²) in [5.41, 5.74) is 6.71. The van der Waals surface area contributed by atoms with Crippen LogP contribution in [0, 0.1) is 5.82 Å². The fraction of sp³-hybridized carbons (Fsp3) is 0.143. The van der Waals surface area contributed by atoms with Crippen molar-refractivity contribution in [3.63, 3.8) is 0 Å². The molecule has 0 heterocycles. The van der Waals surface area contributed by atoms with E-state index < -0.39 is 5.82 Å². The minimum Gasteiger partial charge on any atom is -0.454 e. The second-order valence-corrected chi connectivity index (χ2v) is 5.98. The molecule has 0 amide bonds. The van der Waals surface area contributed by atoms with E-state index in [2.05, 4.69) is 31.9 Å². The van der Waals surface area contributed by atoms with Gasteiger partial charge >= 0.3 is 0 Å². The van der Waals surface area contributed by atoms with Crippen molar-refractivity contribution in [1.29, 1.82) is 0 Å². The highest BCUT2D eigenvalue weighted by atomic mass is 79.9. The van der Waals surface area contributed by atoms with Gasteiger partial charge in [-0.3, -0.25) is 0 Å². The first-order valence-electron chi connectivity index (χ1n) is 5.65. The first kappa shape index (κ1) is 14.5. The van der Waals surface area contributed by atoms with Gasteiger partial charge in [0.05, 0.1) is 0 Å². The highest BCUT2D eigenvalue weighted by molar-refractivity contribution is 9.10. The summed E-state index contributed by atoms with van der Waals surface area (Å²) in [6.45, 7) is 1.85. The summed E-state index contributed by atoms with van der Waals surface area (Å²) in [6.07, 6.45) is 0. The summed E-state index contributed by atoms with van der Waals surface area (Å²) < 4.78 is 20.9.